The van der Waals surface area contributed by atoms with Crippen LogP contribution in [0.5, 0.6) is 5.75 Å². The van der Waals surface area contributed by atoms with Gasteiger partial charge in [-0.2, -0.15) is 0 Å². The van der Waals surface area contributed by atoms with Crippen LogP contribution >= 0.6 is 0 Å². The molecule has 0 saturated heterocycles. The molecule has 2 nitrogen and oxygen atoms in total. The quantitative estimate of drug-likeness (QED) is 0.766. The molecule has 0 N–H and O–H groups in total. The van der Waals surface area contributed by atoms with Crippen molar-refractivity contribution in [1.29, 1.82) is 0 Å². The van der Waals surface area contributed by atoms with E-state index in [9.17, 15) is 5.11 Å². The van der Waals surface area contributed by atoms with Gasteiger partial charge in [0, 0.05) is 5.39 Å². The standard InChI is InChI=1S/C15H17O2/c1-2-6-13(11-16)17-15-10-5-8-12-7-3-4-9-14(12)15/h3-5,7-10,13H,2,6,11H2,1H3. The average molecular weight is 229 g/mol. The molecular weight excluding hydrogens is 212 g/mol. The number of rotatable bonds is 5. The molecule has 17 heavy (non-hydrogen) atoms. The van der Waals surface area contributed by atoms with Crippen LogP contribution in [0, 0.1) is 0 Å². The third-order valence-corrected chi connectivity index (χ3v) is 2.84. The lowest BCUT2D eigenvalue weighted by molar-refractivity contribution is 0.0671. The van der Waals surface area contributed by atoms with Crippen molar-refractivity contribution in [2.75, 3.05) is 6.61 Å². The van der Waals surface area contributed by atoms with Gasteiger partial charge < -0.3 is 4.74 Å². The highest BCUT2D eigenvalue weighted by Crippen LogP contribution is 2.26. The molecule has 0 aromatic heterocycles. The van der Waals surface area contributed by atoms with Gasteiger partial charge in [0.2, 0.25) is 0 Å². The van der Waals surface area contributed by atoms with Crippen LogP contribution in [0.3, 0.4) is 0 Å². The maximum absolute atomic E-state index is 11.0. The minimum atomic E-state index is -0.217. The number of hydrogen-bond donors (Lipinski definition) is 0. The Labute approximate surface area is 102 Å². The smallest absolute Gasteiger partial charge is 0.127 e. The summed E-state index contributed by atoms with van der Waals surface area (Å²) >= 11 is 0. The molecule has 0 aliphatic carbocycles. The van der Waals surface area contributed by atoms with Gasteiger partial charge in [-0.1, -0.05) is 49.7 Å². The van der Waals surface area contributed by atoms with E-state index in [4.69, 9.17) is 4.74 Å². The molecule has 2 heteroatoms. The van der Waals surface area contributed by atoms with Crippen molar-refractivity contribution in [3.05, 3.63) is 42.5 Å². The predicted octanol–water partition coefficient (Wildman–Crippen LogP) is 3.82. The second kappa shape index (κ2) is 5.69. The molecule has 89 valence electrons. The van der Waals surface area contributed by atoms with Crippen LogP contribution in [-0.4, -0.2) is 12.7 Å². The Morgan fingerprint density at radius 2 is 1.88 bits per heavy atom. The largest absolute Gasteiger partial charge is 0.487 e. The van der Waals surface area contributed by atoms with Crippen molar-refractivity contribution in [2.24, 2.45) is 0 Å². The molecule has 0 bridgehead atoms. The normalized spacial score (nSPS) is 12.6. The summed E-state index contributed by atoms with van der Waals surface area (Å²) in [5.74, 6) is 0.817. The third-order valence-electron chi connectivity index (χ3n) is 2.84. The molecule has 0 aliphatic heterocycles. The zero-order valence-electron chi connectivity index (χ0n) is 10.1. The van der Waals surface area contributed by atoms with Crippen LogP contribution in [0.1, 0.15) is 19.8 Å². The Balaban J connectivity index is 2.28. The van der Waals surface area contributed by atoms with E-state index in [0.29, 0.717) is 0 Å². The van der Waals surface area contributed by atoms with Gasteiger partial charge in [0.25, 0.3) is 0 Å². The molecule has 2 aromatic rings. The van der Waals surface area contributed by atoms with E-state index in [1.807, 2.05) is 42.5 Å². The molecule has 0 fully saturated rings. The Kier molecular flexibility index (Phi) is 3.99. The molecule has 1 unspecified atom stereocenters. The zero-order valence-corrected chi connectivity index (χ0v) is 10.1. The van der Waals surface area contributed by atoms with Crippen molar-refractivity contribution in [1.82, 2.24) is 0 Å². The van der Waals surface area contributed by atoms with E-state index in [2.05, 4.69) is 6.92 Å². The van der Waals surface area contributed by atoms with Crippen LogP contribution in [0.15, 0.2) is 42.5 Å². The van der Waals surface area contributed by atoms with Crippen LogP contribution < -0.4 is 4.74 Å². The minimum absolute atomic E-state index is 0.183. The van der Waals surface area contributed by atoms with Gasteiger partial charge in [0.15, 0.2) is 0 Å². The van der Waals surface area contributed by atoms with Gasteiger partial charge in [-0.05, 0) is 17.9 Å². The monoisotopic (exact) mass is 229 g/mol. The van der Waals surface area contributed by atoms with E-state index in [1.165, 1.54) is 0 Å². The van der Waals surface area contributed by atoms with Gasteiger partial charge in [-0.15, -0.1) is 0 Å². The lowest BCUT2D eigenvalue weighted by atomic mass is 10.1. The molecule has 2 aromatic carbocycles. The third kappa shape index (κ3) is 2.77. The van der Waals surface area contributed by atoms with Crippen molar-refractivity contribution in [3.63, 3.8) is 0 Å². The predicted molar refractivity (Wildman–Crippen MR) is 68.8 cm³/mol. The summed E-state index contributed by atoms with van der Waals surface area (Å²) in [6.07, 6.45) is 1.57. The van der Waals surface area contributed by atoms with Crippen LogP contribution in [0.2, 0.25) is 0 Å². The van der Waals surface area contributed by atoms with Crippen molar-refractivity contribution < 1.29 is 9.84 Å². The average Bonchev–Trinajstić information content (AvgIpc) is 2.38. The Morgan fingerprint density at radius 3 is 2.65 bits per heavy atom. The lowest BCUT2D eigenvalue weighted by Gasteiger charge is -2.16. The van der Waals surface area contributed by atoms with E-state index in [-0.39, 0.29) is 12.7 Å². The Hall–Kier alpha value is -1.54. The summed E-state index contributed by atoms with van der Waals surface area (Å²) in [6.45, 7) is 1.88. The topological polar surface area (TPSA) is 29.1 Å². The van der Waals surface area contributed by atoms with Crippen molar-refractivity contribution in [3.8, 4) is 5.75 Å². The second-order valence-electron chi connectivity index (χ2n) is 4.17. The van der Waals surface area contributed by atoms with Crippen LogP contribution in [-0.2, 0) is 5.11 Å². The molecule has 0 spiro atoms. The highest BCUT2D eigenvalue weighted by atomic mass is 16.5. The SMILES string of the molecule is CCCC(C[O])Oc1cccc2ccccc12. The van der Waals surface area contributed by atoms with Gasteiger partial charge in [-0.25, -0.2) is 5.11 Å². The fraction of sp³-hybridized carbons (Fsp3) is 0.333. The molecular formula is C15H17O2. The molecule has 1 atom stereocenters. The first-order chi connectivity index (χ1) is 8.35. The van der Waals surface area contributed by atoms with E-state index in [1.54, 1.807) is 0 Å². The van der Waals surface area contributed by atoms with Crippen LogP contribution in [0.4, 0.5) is 0 Å². The Bertz CT molecular complexity index is 474. The number of benzene rings is 2. The first-order valence-corrected chi connectivity index (χ1v) is 6.07. The first-order valence-electron chi connectivity index (χ1n) is 6.07. The summed E-state index contributed by atoms with van der Waals surface area (Å²) in [5.41, 5.74) is 0. The zero-order chi connectivity index (χ0) is 12.1. The molecule has 0 heterocycles. The first kappa shape index (κ1) is 11.9. The van der Waals surface area contributed by atoms with Gasteiger partial charge in [0.1, 0.15) is 18.5 Å². The number of fused-ring (bicyclic) bond motifs is 1. The van der Waals surface area contributed by atoms with E-state index in [0.717, 1.165) is 29.4 Å². The molecule has 1 radical (unpaired) electrons. The molecule has 0 saturated carbocycles. The fourth-order valence-electron chi connectivity index (χ4n) is 1.98. The number of ether oxygens (including phenoxy) is 1. The molecule has 2 rings (SSSR count). The van der Waals surface area contributed by atoms with Gasteiger partial charge in [0.05, 0.1) is 0 Å². The van der Waals surface area contributed by atoms with Crippen molar-refractivity contribution in [2.45, 2.75) is 25.9 Å². The summed E-state index contributed by atoms with van der Waals surface area (Å²) in [6, 6.07) is 14.0. The van der Waals surface area contributed by atoms with E-state index >= 15 is 0 Å². The summed E-state index contributed by atoms with van der Waals surface area (Å²) in [7, 11) is 0. The molecule has 0 aliphatic rings. The second-order valence-corrected chi connectivity index (χ2v) is 4.17. The van der Waals surface area contributed by atoms with Crippen molar-refractivity contribution >= 4 is 10.8 Å². The van der Waals surface area contributed by atoms with Gasteiger partial charge in [-0.3, -0.25) is 0 Å². The fourth-order valence-corrected chi connectivity index (χ4v) is 1.98. The minimum Gasteiger partial charge on any atom is -0.487 e. The summed E-state index contributed by atoms with van der Waals surface area (Å²) < 4.78 is 5.80. The maximum atomic E-state index is 11.0. The summed E-state index contributed by atoms with van der Waals surface area (Å²) in [5, 5.41) is 13.3. The van der Waals surface area contributed by atoms with Gasteiger partial charge >= 0.3 is 0 Å². The van der Waals surface area contributed by atoms with E-state index < -0.39 is 0 Å². The highest BCUT2D eigenvalue weighted by molar-refractivity contribution is 5.88. The molecule has 0 amide bonds. The summed E-state index contributed by atoms with van der Waals surface area (Å²) in [4.78, 5) is 0. The highest BCUT2D eigenvalue weighted by Gasteiger charge is 2.10. The number of hydrogen-bond acceptors (Lipinski definition) is 1. The maximum Gasteiger partial charge on any atom is 0.127 e. The lowest BCUT2D eigenvalue weighted by Crippen LogP contribution is -2.20. The van der Waals surface area contributed by atoms with Crippen LogP contribution in [0.25, 0.3) is 10.8 Å². The Morgan fingerprint density at radius 1 is 1.12 bits per heavy atom.